The van der Waals surface area contributed by atoms with Crippen LogP contribution in [0.4, 0.5) is 5.69 Å². The molecule has 0 fully saturated rings. The van der Waals surface area contributed by atoms with Crippen LogP contribution in [0.2, 0.25) is 0 Å². The van der Waals surface area contributed by atoms with E-state index in [0.717, 1.165) is 11.4 Å². The fourth-order valence-corrected chi connectivity index (χ4v) is 0.850. The molecule has 1 aromatic rings. The number of aromatic nitrogens is 1. The summed E-state index contributed by atoms with van der Waals surface area (Å²) in [5.74, 6) is 0. The van der Waals surface area contributed by atoms with E-state index in [1.807, 2.05) is 20.0 Å². The Labute approximate surface area is 66.6 Å². The zero-order chi connectivity index (χ0) is 8.27. The molecule has 0 saturated heterocycles. The summed E-state index contributed by atoms with van der Waals surface area (Å²) in [6, 6.07) is 3.92. The summed E-state index contributed by atoms with van der Waals surface area (Å²) in [4.78, 5) is 4.17. The molecule has 1 heterocycles. The van der Waals surface area contributed by atoms with E-state index in [1.165, 1.54) is 0 Å². The Hall–Kier alpha value is -1.09. The first kappa shape index (κ1) is 8.01. The van der Waals surface area contributed by atoms with Gasteiger partial charge in [-0.3, -0.25) is 4.98 Å². The number of anilines is 1. The van der Waals surface area contributed by atoms with E-state index in [0.29, 0.717) is 0 Å². The van der Waals surface area contributed by atoms with E-state index in [4.69, 9.17) is 5.73 Å². The molecule has 0 saturated carbocycles. The van der Waals surface area contributed by atoms with Crippen LogP contribution in [0.25, 0.3) is 0 Å². The van der Waals surface area contributed by atoms with Crippen molar-refractivity contribution in [2.24, 2.45) is 0 Å². The number of nitrogen functional groups attached to an aromatic ring is 1. The second-order valence-corrected chi connectivity index (χ2v) is 2.52. The van der Waals surface area contributed by atoms with Crippen LogP contribution in [0.1, 0.15) is 18.7 Å². The van der Waals surface area contributed by atoms with Crippen molar-refractivity contribution in [2.45, 2.75) is 13.0 Å². The molecule has 1 atom stereocenters. The largest absolute Gasteiger partial charge is 0.399 e. The molecule has 0 amide bonds. The standard InChI is InChI=1S/C8H13N3/c1-6(10-2)8-5-7(9)3-4-11-8/h3-6,10H,1-2H3,(H2,9,11)/t6-/m0/s1. The maximum Gasteiger partial charge on any atom is 0.0590 e. The summed E-state index contributed by atoms with van der Waals surface area (Å²) in [5.41, 5.74) is 7.32. The van der Waals surface area contributed by atoms with Crippen molar-refractivity contribution in [1.82, 2.24) is 10.3 Å². The molecule has 1 aromatic heterocycles. The first-order valence-electron chi connectivity index (χ1n) is 3.62. The Morgan fingerprint density at radius 3 is 2.91 bits per heavy atom. The van der Waals surface area contributed by atoms with Crippen molar-refractivity contribution < 1.29 is 0 Å². The molecule has 11 heavy (non-hydrogen) atoms. The molecule has 0 aliphatic heterocycles. The molecule has 3 heteroatoms. The Morgan fingerprint density at radius 2 is 2.36 bits per heavy atom. The Balaban J connectivity index is 2.86. The van der Waals surface area contributed by atoms with Crippen LogP contribution in [-0.2, 0) is 0 Å². The molecular formula is C8H13N3. The Kier molecular flexibility index (Phi) is 2.44. The van der Waals surface area contributed by atoms with Crippen LogP contribution >= 0.6 is 0 Å². The highest BCUT2D eigenvalue weighted by Gasteiger charge is 2.02. The van der Waals surface area contributed by atoms with Crippen LogP contribution in [-0.4, -0.2) is 12.0 Å². The fraction of sp³-hybridized carbons (Fsp3) is 0.375. The predicted octanol–water partition coefficient (Wildman–Crippen LogP) is 0.944. The topological polar surface area (TPSA) is 50.9 Å². The second kappa shape index (κ2) is 3.34. The monoisotopic (exact) mass is 151 g/mol. The second-order valence-electron chi connectivity index (χ2n) is 2.52. The molecule has 0 aliphatic carbocycles. The van der Waals surface area contributed by atoms with Gasteiger partial charge >= 0.3 is 0 Å². The summed E-state index contributed by atoms with van der Waals surface area (Å²) >= 11 is 0. The van der Waals surface area contributed by atoms with E-state index >= 15 is 0 Å². The zero-order valence-corrected chi connectivity index (χ0v) is 6.83. The maximum absolute atomic E-state index is 5.58. The number of nitrogens with two attached hydrogens (primary N) is 1. The minimum Gasteiger partial charge on any atom is -0.399 e. The van der Waals surface area contributed by atoms with Gasteiger partial charge in [0.05, 0.1) is 5.69 Å². The van der Waals surface area contributed by atoms with Crippen molar-refractivity contribution >= 4 is 5.69 Å². The van der Waals surface area contributed by atoms with Gasteiger partial charge in [0.1, 0.15) is 0 Å². The molecular weight excluding hydrogens is 138 g/mol. The molecule has 0 aliphatic rings. The van der Waals surface area contributed by atoms with E-state index < -0.39 is 0 Å². The maximum atomic E-state index is 5.58. The molecule has 0 spiro atoms. The number of nitrogens with one attached hydrogen (secondary N) is 1. The molecule has 0 aromatic carbocycles. The van der Waals surface area contributed by atoms with Crippen LogP contribution in [0.3, 0.4) is 0 Å². The molecule has 0 unspecified atom stereocenters. The van der Waals surface area contributed by atoms with E-state index in [1.54, 1.807) is 12.3 Å². The highest BCUT2D eigenvalue weighted by molar-refractivity contribution is 5.37. The first-order chi connectivity index (χ1) is 5.24. The van der Waals surface area contributed by atoms with Gasteiger partial charge in [-0.1, -0.05) is 0 Å². The minimum atomic E-state index is 0.262. The SMILES string of the molecule is CN[C@@H](C)c1cc(N)ccn1. The van der Waals surface area contributed by atoms with Gasteiger partial charge in [0.25, 0.3) is 0 Å². The summed E-state index contributed by atoms with van der Waals surface area (Å²) in [5, 5.41) is 3.09. The molecule has 0 bridgehead atoms. The van der Waals surface area contributed by atoms with Gasteiger partial charge in [-0.05, 0) is 26.1 Å². The van der Waals surface area contributed by atoms with Crippen molar-refractivity contribution in [3.8, 4) is 0 Å². The first-order valence-corrected chi connectivity index (χ1v) is 3.62. The molecule has 3 N–H and O–H groups in total. The van der Waals surface area contributed by atoms with Crippen molar-refractivity contribution in [3.63, 3.8) is 0 Å². The third-order valence-corrected chi connectivity index (χ3v) is 1.68. The summed E-state index contributed by atoms with van der Waals surface area (Å²) in [6.45, 7) is 2.04. The highest BCUT2D eigenvalue weighted by Crippen LogP contribution is 2.10. The normalized spacial score (nSPS) is 12.9. The van der Waals surface area contributed by atoms with Crippen molar-refractivity contribution in [2.75, 3.05) is 12.8 Å². The van der Waals surface area contributed by atoms with Gasteiger partial charge in [-0.2, -0.15) is 0 Å². The number of hydrogen-bond donors (Lipinski definition) is 2. The molecule has 60 valence electrons. The lowest BCUT2D eigenvalue weighted by Gasteiger charge is -2.08. The average molecular weight is 151 g/mol. The number of nitrogens with zero attached hydrogens (tertiary/aromatic N) is 1. The van der Waals surface area contributed by atoms with Gasteiger partial charge in [0.15, 0.2) is 0 Å². The van der Waals surface area contributed by atoms with Gasteiger partial charge in [-0.25, -0.2) is 0 Å². The van der Waals surface area contributed by atoms with Crippen molar-refractivity contribution in [1.29, 1.82) is 0 Å². The lowest BCUT2D eigenvalue weighted by atomic mass is 10.2. The Bertz CT molecular complexity index is 235. The number of rotatable bonds is 2. The van der Waals surface area contributed by atoms with Crippen molar-refractivity contribution in [3.05, 3.63) is 24.0 Å². The summed E-state index contributed by atoms with van der Waals surface area (Å²) in [6.07, 6.45) is 1.72. The minimum absolute atomic E-state index is 0.262. The average Bonchev–Trinajstić information content (AvgIpc) is 2.03. The molecule has 1 rings (SSSR count). The van der Waals surface area contributed by atoms with E-state index in [2.05, 4.69) is 10.3 Å². The van der Waals surface area contributed by atoms with E-state index in [9.17, 15) is 0 Å². The lowest BCUT2D eigenvalue weighted by molar-refractivity contribution is 0.633. The fourth-order valence-electron chi connectivity index (χ4n) is 0.850. The quantitative estimate of drug-likeness (QED) is 0.661. The Morgan fingerprint density at radius 1 is 1.64 bits per heavy atom. The van der Waals surface area contributed by atoms with Gasteiger partial charge in [0.2, 0.25) is 0 Å². The highest BCUT2D eigenvalue weighted by atomic mass is 14.9. The van der Waals surface area contributed by atoms with Crippen LogP contribution < -0.4 is 11.1 Å². The summed E-state index contributed by atoms with van der Waals surface area (Å²) in [7, 11) is 1.90. The van der Waals surface area contributed by atoms with Crippen LogP contribution in [0.5, 0.6) is 0 Å². The lowest BCUT2D eigenvalue weighted by Crippen LogP contribution is -2.13. The summed E-state index contributed by atoms with van der Waals surface area (Å²) < 4.78 is 0. The predicted molar refractivity (Wildman–Crippen MR) is 46.1 cm³/mol. The van der Waals surface area contributed by atoms with Crippen LogP contribution in [0.15, 0.2) is 18.3 Å². The molecule has 3 nitrogen and oxygen atoms in total. The van der Waals surface area contributed by atoms with Gasteiger partial charge < -0.3 is 11.1 Å². The van der Waals surface area contributed by atoms with Gasteiger partial charge in [0, 0.05) is 17.9 Å². The number of hydrogen-bond acceptors (Lipinski definition) is 3. The number of pyridine rings is 1. The third-order valence-electron chi connectivity index (χ3n) is 1.68. The third kappa shape index (κ3) is 1.91. The van der Waals surface area contributed by atoms with Crippen LogP contribution in [0, 0.1) is 0 Å². The van der Waals surface area contributed by atoms with Gasteiger partial charge in [-0.15, -0.1) is 0 Å². The smallest absolute Gasteiger partial charge is 0.0590 e. The zero-order valence-electron chi connectivity index (χ0n) is 6.83. The van der Waals surface area contributed by atoms with E-state index in [-0.39, 0.29) is 6.04 Å². The molecule has 0 radical (unpaired) electrons.